The van der Waals surface area contributed by atoms with Crippen LogP contribution in [0.2, 0.25) is 0 Å². The van der Waals surface area contributed by atoms with Gasteiger partial charge in [0, 0.05) is 13.1 Å². The second-order valence-electron chi connectivity index (χ2n) is 8.81. The molecule has 1 N–H and O–H groups in total. The van der Waals surface area contributed by atoms with Crippen molar-refractivity contribution in [1.29, 1.82) is 0 Å². The van der Waals surface area contributed by atoms with Crippen LogP contribution in [0.1, 0.15) is 25.8 Å². The molecule has 0 aromatic heterocycles. The lowest BCUT2D eigenvalue weighted by molar-refractivity contribution is -0.138. The first-order valence-electron chi connectivity index (χ1n) is 12.6. The summed E-state index contributed by atoms with van der Waals surface area (Å²) in [7, 11) is -2.60. The normalized spacial score (nSPS) is 11.9. The highest BCUT2D eigenvalue weighted by Crippen LogP contribution is 2.25. The molecule has 3 aromatic rings. The van der Waals surface area contributed by atoms with Crippen LogP contribution in [0.3, 0.4) is 0 Å². The molecule has 0 saturated carbocycles. The smallest absolute Gasteiger partial charge is 0.264 e. The summed E-state index contributed by atoms with van der Waals surface area (Å²) in [5.41, 5.74) is 1.36. The molecule has 0 aliphatic heterocycles. The Balaban J connectivity index is 1.93. The molecule has 0 unspecified atom stereocenters. The van der Waals surface area contributed by atoms with Gasteiger partial charge < -0.3 is 15.0 Å². The van der Waals surface area contributed by atoms with Crippen molar-refractivity contribution < 1.29 is 22.7 Å². The highest BCUT2D eigenvalue weighted by atomic mass is 32.2. The minimum absolute atomic E-state index is 0.0273. The van der Waals surface area contributed by atoms with Gasteiger partial charge in [0.15, 0.2) is 0 Å². The fourth-order valence-electron chi connectivity index (χ4n) is 3.96. The average molecular weight is 538 g/mol. The van der Waals surface area contributed by atoms with Crippen molar-refractivity contribution in [2.45, 2.75) is 37.6 Å². The number of ether oxygens (including phenoxy) is 1. The van der Waals surface area contributed by atoms with Crippen LogP contribution in [0.15, 0.2) is 89.8 Å². The summed E-state index contributed by atoms with van der Waals surface area (Å²) in [6.07, 6.45) is 1.28. The molecule has 2 amide bonds. The van der Waals surface area contributed by atoms with Gasteiger partial charge in [0.1, 0.15) is 18.3 Å². The summed E-state index contributed by atoms with van der Waals surface area (Å²) < 4.78 is 33.7. The molecule has 1 atom stereocenters. The predicted octanol–water partition coefficient (Wildman–Crippen LogP) is 3.88. The van der Waals surface area contributed by atoms with Crippen LogP contribution >= 0.6 is 0 Å². The number of rotatable bonds is 13. The largest absolute Gasteiger partial charge is 0.497 e. The zero-order valence-corrected chi connectivity index (χ0v) is 22.9. The molecule has 38 heavy (non-hydrogen) atoms. The summed E-state index contributed by atoms with van der Waals surface area (Å²) in [4.78, 5) is 28.1. The molecule has 0 spiro atoms. The van der Waals surface area contributed by atoms with Gasteiger partial charge in [-0.2, -0.15) is 0 Å². The molecule has 0 bridgehead atoms. The summed E-state index contributed by atoms with van der Waals surface area (Å²) in [6.45, 7) is 3.91. The zero-order chi connectivity index (χ0) is 27.5. The van der Waals surface area contributed by atoms with Gasteiger partial charge in [0.2, 0.25) is 11.8 Å². The average Bonchev–Trinajstić information content (AvgIpc) is 2.95. The molecule has 9 heteroatoms. The van der Waals surface area contributed by atoms with E-state index in [4.69, 9.17) is 4.74 Å². The van der Waals surface area contributed by atoms with Gasteiger partial charge in [0.05, 0.1) is 17.7 Å². The number of amides is 2. The van der Waals surface area contributed by atoms with Crippen molar-refractivity contribution in [1.82, 2.24) is 10.2 Å². The standard InChI is InChI=1S/C29H35N3O5S/c1-4-20-30-29(34)23(2)31(21-19-24-11-7-5-8-12-24)28(33)22-32(25-13-9-6-10-14-25)38(35,36)27-17-15-26(37-3)16-18-27/h5-18,23H,4,19-22H2,1-3H3,(H,30,34)/t23-/m1/s1. The molecule has 3 aromatic carbocycles. The summed E-state index contributed by atoms with van der Waals surface area (Å²) >= 11 is 0. The molecule has 0 saturated heterocycles. The van der Waals surface area contributed by atoms with Gasteiger partial charge in [-0.15, -0.1) is 0 Å². The number of carbonyl (C=O) groups excluding carboxylic acids is 2. The Morgan fingerprint density at radius 3 is 2.11 bits per heavy atom. The maximum absolute atomic E-state index is 13.8. The van der Waals surface area contributed by atoms with Gasteiger partial charge >= 0.3 is 0 Å². The third-order valence-electron chi connectivity index (χ3n) is 6.17. The number of hydrogen-bond acceptors (Lipinski definition) is 5. The first kappa shape index (κ1) is 28.7. The molecule has 0 fully saturated rings. The molecule has 0 aliphatic rings. The quantitative estimate of drug-likeness (QED) is 0.357. The minimum Gasteiger partial charge on any atom is -0.497 e. The Labute approximate surface area is 225 Å². The number of methoxy groups -OCH3 is 1. The highest BCUT2D eigenvalue weighted by molar-refractivity contribution is 7.92. The monoisotopic (exact) mass is 537 g/mol. The summed E-state index contributed by atoms with van der Waals surface area (Å²) in [5.74, 6) is -0.233. The Morgan fingerprint density at radius 2 is 1.53 bits per heavy atom. The Kier molecular flexibility index (Phi) is 10.3. The van der Waals surface area contributed by atoms with E-state index >= 15 is 0 Å². The number of nitrogens with zero attached hydrogens (tertiary/aromatic N) is 2. The molecule has 0 heterocycles. The fourth-order valence-corrected chi connectivity index (χ4v) is 5.38. The van der Waals surface area contributed by atoms with E-state index < -0.39 is 28.5 Å². The van der Waals surface area contributed by atoms with E-state index in [-0.39, 0.29) is 17.3 Å². The molecule has 8 nitrogen and oxygen atoms in total. The van der Waals surface area contributed by atoms with Gasteiger partial charge in [-0.25, -0.2) is 8.42 Å². The molecule has 0 aliphatic carbocycles. The van der Waals surface area contributed by atoms with Crippen LogP contribution in [0, 0.1) is 0 Å². The van der Waals surface area contributed by atoms with Crippen LogP contribution in [-0.2, 0) is 26.0 Å². The van der Waals surface area contributed by atoms with Crippen LogP contribution in [0.4, 0.5) is 5.69 Å². The number of anilines is 1. The van der Waals surface area contributed by atoms with Crippen LogP contribution in [0.25, 0.3) is 0 Å². The van der Waals surface area contributed by atoms with E-state index in [0.29, 0.717) is 24.4 Å². The number of hydrogen-bond donors (Lipinski definition) is 1. The van der Waals surface area contributed by atoms with Crippen LogP contribution in [0.5, 0.6) is 5.75 Å². The summed E-state index contributed by atoms with van der Waals surface area (Å²) in [5, 5.41) is 2.84. The maximum Gasteiger partial charge on any atom is 0.264 e. The second-order valence-corrected chi connectivity index (χ2v) is 10.7. The van der Waals surface area contributed by atoms with E-state index in [1.54, 1.807) is 49.4 Å². The van der Waals surface area contributed by atoms with Gasteiger partial charge in [-0.05, 0) is 61.7 Å². The third-order valence-corrected chi connectivity index (χ3v) is 7.96. The van der Waals surface area contributed by atoms with E-state index in [0.717, 1.165) is 16.3 Å². The number of nitrogens with one attached hydrogen (secondary N) is 1. The van der Waals surface area contributed by atoms with Crippen LogP contribution in [-0.4, -0.2) is 57.9 Å². The lowest BCUT2D eigenvalue weighted by atomic mass is 10.1. The first-order chi connectivity index (χ1) is 18.3. The molecular formula is C29H35N3O5S. The number of carbonyl (C=O) groups is 2. The lowest BCUT2D eigenvalue weighted by Crippen LogP contribution is -2.52. The van der Waals surface area contributed by atoms with Crippen molar-refractivity contribution in [2.75, 3.05) is 31.0 Å². The van der Waals surface area contributed by atoms with E-state index in [1.165, 1.54) is 24.1 Å². The number of benzene rings is 3. The van der Waals surface area contributed by atoms with Crippen LogP contribution < -0.4 is 14.4 Å². The van der Waals surface area contributed by atoms with Gasteiger partial charge in [-0.3, -0.25) is 13.9 Å². The second kappa shape index (κ2) is 13.6. The molecule has 3 rings (SSSR count). The van der Waals surface area contributed by atoms with E-state index in [9.17, 15) is 18.0 Å². The number of para-hydroxylation sites is 1. The van der Waals surface area contributed by atoms with Crippen molar-refractivity contribution in [3.63, 3.8) is 0 Å². The Bertz CT molecular complexity index is 1280. The molecule has 202 valence electrons. The first-order valence-corrected chi connectivity index (χ1v) is 14.0. The SMILES string of the molecule is CCCNC(=O)[C@@H](C)N(CCc1ccccc1)C(=O)CN(c1ccccc1)S(=O)(=O)c1ccc(OC)cc1. The van der Waals surface area contributed by atoms with Crippen molar-refractivity contribution >= 4 is 27.5 Å². The zero-order valence-electron chi connectivity index (χ0n) is 22.0. The Morgan fingerprint density at radius 1 is 0.921 bits per heavy atom. The van der Waals surface area contributed by atoms with Gasteiger partial charge in [0.25, 0.3) is 10.0 Å². The van der Waals surface area contributed by atoms with E-state index in [2.05, 4.69) is 5.32 Å². The summed E-state index contributed by atoms with van der Waals surface area (Å²) in [6, 6.07) is 23.4. The van der Waals surface area contributed by atoms with E-state index in [1.807, 2.05) is 37.3 Å². The van der Waals surface area contributed by atoms with Crippen molar-refractivity contribution in [3.8, 4) is 5.75 Å². The van der Waals surface area contributed by atoms with Gasteiger partial charge in [-0.1, -0.05) is 55.5 Å². The Hall–Kier alpha value is -3.85. The van der Waals surface area contributed by atoms with Crippen molar-refractivity contribution in [3.05, 3.63) is 90.5 Å². The topological polar surface area (TPSA) is 96.0 Å². The minimum atomic E-state index is -4.11. The fraction of sp³-hybridized carbons (Fsp3) is 0.310. The van der Waals surface area contributed by atoms with Crippen molar-refractivity contribution in [2.24, 2.45) is 0 Å². The maximum atomic E-state index is 13.8. The number of sulfonamides is 1. The molecular weight excluding hydrogens is 502 g/mol. The highest BCUT2D eigenvalue weighted by Gasteiger charge is 2.32. The third kappa shape index (κ3) is 7.35. The molecule has 0 radical (unpaired) electrons. The predicted molar refractivity (Wildman–Crippen MR) is 149 cm³/mol. The lowest BCUT2D eigenvalue weighted by Gasteiger charge is -2.32.